The number of ether oxygens (including phenoxy) is 2. The molecule has 1 unspecified atom stereocenters. The van der Waals surface area contributed by atoms with Gasteiger partial charge in [0.05, 0.1) is 35.6 Å². The van der Waals surface area contributed by atoms with Gasteiger partial charge in [-0.05, 0) is 31.9 Å². The van der Waals surface area contributed by atoms with Crippen molar-refractivity contribution in [3.05, 3.63) is 47.7 Å². The summed E-state index contributed by atoms with van der Waals surface area (Å²) >= 11 is 1.11. The Labute approximate surface area is 195 Å². The number of anilines is 2. The average Bonchev–Trinajstić information content (AvgIpc) is 3.57. The van der Waals surface area contributed by atoms with Crippen molar-refractivity contribution < 1.29 is 22.7 Å². The van der Waals surface area contributed by atoms with Gasteiger partial charge in [0.2, 0.25) is 15.9 Å². The van der Waals surface area contributed by atoms with Crippen LogP contribution in [-0.2, 0) is 19.6 Å². The van der Waals surface area contributed by atoms with Crippen LogP contribution in [0.4, 0.5) is 10.8 Å². The van der Waals surface area contributed by atoms with Gasteiger partial charge in [0.1, 0.15) is 0 Å². The number of carbonyl (C=O) groups excluding carboxylic acids is 1. The van der Waals surface area contributed by atoms with Gasteiger partial charge in [-0.2, -0.15) is 0 Å². The van der Waals surface area contributed by atoms with Gasteiger partial charge in [-0.1, -0.05) is 12.1 Å². The summed E-state index contributed by atoms with van der Waals surface area (Å²) in [7, 11) is -2.03. The molecule has 0 radical (unpaired) electrons. The molecule has 1 aliphatic carbocycles. The van der Waals surface area contributed by atoms with E-state index < -0.39 is 22.0 Å². The summed E-state index contributed by atoms with van der Waals surface area (Å²) in [5.41, 5.74) is 2.35. The summed E-state index contributed by atoms with van der Waals surface area (Å²) < 4.78 is 37.4. The fourth-order valence-corrected chi connectivity index (χ4v) is 5.36. The first-order valence-electron chi connectivity index (χ1n) is 10.3. The van der Waals surface area contributed by atoms with Crippen LogP contribution in [0.25, 0.3) is 11.3 Å². The Balaban J connectivity index is 1.42. The number of sulfonamides is 1. The quantitative estimate of drug-likeness (QED) is 0.444. The van der Waals surface area contributed by atoms with Gasteiger partial charge >= 0.3 is 0 Å². The van der Waals surface area contributed by atoms with Gasteiger partial charge in [0, 0.05) is 23.7 Å². The Kier molecular flexibility index (Phi) is 6.86. The molecule has 3 aromatic rings. The molecule has 0 aliphatic heterocycles. The molecule has 1 fully saturated rings. The predicted octanol–water partition coefficient (Wildman–Crippen LogP) is 3.23. The highest BCUT2D eigenvalue weighted by Crippen LogP contribution is 2.31. The lowest BCUT2D eigenvalue weighted by Crippen LogP contribution is -2.23. The molecular weight excluding hydrogens is 466 g/mol. The number of aromatic nitrogens is 3. The van der Waals surface area contributed by atoms with E-state index in [1.807, 2.05) is 19.1 Å². The van der Waals surface area contributed by atoms with E-state index in [2.05, 4.69) is 25.0 Å². The van der Waals surface area contributed by atoms with Gasteiger partial charge in [-0.15, -0.1) is 11.3 Å². The smallest absolute Gasteiger partial charge is 0.259 e. The summed E-state index contributed by atoms with van der Waals surface area (Å²) in [6, 6.07) is 7.10. The third-order valence-corrected chi connectivity index (χ3v) is 7.54. The first-order chi connectivity index (χ1) is 15.9. The first kappa shape index (κ1) is 23.1. The molecule has 174 valence electrons. The van der Waals surface area contributed by atoms with Crippen LogP contribution in [0.3, 0.4) is 0 Å². The van der Waals surface area contributed by atoms with Crippen molar-refractivity contribution in [3.63, 3.8) is 0 Å². The van der Waals surface area contributed by atoms with Crippen molar-refractivity contribution >= 4 is 38.1 Å². The number of nitrogens with one attached hydrogen (secondary N) is 2. The van der Waals surface area contributed by atoms with Crippen LogP contribution in [0.15, 0.2) is 42.0 Å². The van der Waals surface area contributed by atoms with E-state index in [-0.39, 0.29) is 10.4 Å². The fraction of sp³-hybridized carbons (Fsp3) is 0.333. The van der Waals surface area contributed by atoms with E-state index in [1.165, 1.54) is 7.11 Å². The fourth-order valence-electron chi connectivity index (χ4n) is 3.04. The van der Waals surface area contributed by atoms with Crippen molar-refractivity contribution in [3.8, 4) is 17.1 Å². The summed E-state index contributed by atoms with van der Waals surface area (Å²) in [4.78, 5) is 25.5. The third kappa shape index (κ3) is 5.64. The van der Waals surface area contributed by atoms with Gasteiger partial charge in [-0.3, -0.25) is 14.5 Å². The molecule has 12 heteroatoms. The van der Waals surface area contributed by atoms with Gasteiger partial charge < -0.3 is 14.8 Å². The maximum absolute atomic E-state index is 12.8. The number of hydrogen-bond donors (Lipinski definition) is 2. The zero-order valence-corrected chi connectivity index (χ0v) is 19.6. The van der Waals surface area contributed by atoms with E-state index in [1.54, 1.807) is 29.9 Å². The highest BCUT2D eigenvalue weighted by atomic mass is 32.2. The molecule has 33 heavy (non-hydrogen) atoms. The SMILES string of the molecule is CCOc1cncc(-c2ccc(NC(=O)C(OC)c3csc(NS(=O)(=O)C4CC4)n3)cc2)n1. The number of hydrogen-bond acceptors (Lipinski definition) is 9. The van der Waals surface area contributed by atoms with Crippen LogP contribution in [0.2, 0.25) is 0 Å². The summed E-state index contributed by atoms with van der Waals surface area (Å²) in [6.07, 6.45) is 3.50. The van der Waals surface area contributed by atoms with Crippen molar-refractivity contribution in [2.75, 3.05) is 23.8 Å². The normalized spacial score (nSPS) is 14.5. The number of amides is 1. The minimum Gasteiger partial charge on any atom is -0.477 e. The van der Waals surface area contributed by atoms with Crippen molar-refractivity contribution in [1.82, 2.24) is 15.0 Å². The Morgan fingerprint density at radius 2 is 1.97 bits per heavy atom. The predicted molar refractivity (Wildman–Crippen MR) is 125 cm³/mol. The van der Waals surface area contributed by atoms with E-state index in [0.29, 0.717) is 42.4 Å². The summed E-state index contributed by atoms with van der Waals surface area (Å²) in [5, 5.41) is 4.25. The summed E-state index contributed by atoms with van der Waals surface area (Å²) in [5.74, 6) is 0.0163. The molecule has 1 aliphatic rings. The molecule has 4 rings (SSSR count). The number of methoxy groups -OCH3 is 1. The van der Waals surface area contributed by atoms with Gasteiger partial charge in [0.15, 0.2) is 11.2 Å². The topological polar surface area (TPSA) is 132 Å². The van der Waals surface area contributed by atoms with Crippen molar-refractivity contribution in [2.45, 2.75) is 31.1 Å². The monoisotopic (exact) mass is 489 g/mol. The molecule has 1 saturated carbocycles. The second-order valence-corrected chi connectivity index (χ2v) is 10.1. The molecular formula is C21H23N5O5S2. The Hall–Kier alpha value is -3.09. The lowest BCUT2D eigenvalue weighted by molar-refractivity contribution is -0.126. The van der Waals surface area contributed by atoms with Crippen LogP contribution in [-0.4, -0.2) is 48.2 Å². The van der Waals surface area contributed by atoms with Gasteiger partial charge in [-0.25, -0.2) is 18.4 Å². The standard InChI is InChI=1S/C21H23N5O5S2/c1-3-31-18-11-22-10-16(24-18)13-4-6-14(7-5-13)23-20(27)19(30-2)17-12-32-21(25-17)26-33(28,29)15-8-9-15/h4-7,10-12,15,19H,3,8-9H2,1-2H3,(H,23,27)(H,25,26). The van der Waals surface area contributed by atoms with E-state index >= 15 is 0 Å². The lowest BCUT2D eigenvalue weighted by atomic mass is 10.1. The molecule has 1 aromatic carbocycles. The molecule has 2 N–H and O–H groups in total. The lowest BCUT2D eigenvalue weighted by Gasteiger charge is -2.13. The van der Waals surface area contributed by atoms with Crippen molar-refractivity contribution in [1.29, 1.82) is 0 Å². The molecule has 0 spiro atoms. The van der Waals surface area contributed by atoms with Gasteiger partial charge in [0.25, 0.3) is 5.91 Å². The second-order valence-electron chi connectivity index (χ2n) is 7.28. The Bertz CT molecular complexity index is 1230. The highest BCUT2D eigenvalue weighted by molar-refractivity contribution is 7.93. The minimum absolute atomic E-state index is 0.214. The third-order valence-electron chi connectivity index (χ3n) is 4.81. The highest BCUT2D eigenvalue weighted by Gasteiger charge is 2.36. The average molecular weight is 490 g/mol. The van der Waals surface area contributed by atoms with Crippen LogP contribution in [0, 0.1) is 0 Å². The molecule has 2 aromatic heterocycles. The summed E-state index contributed by atoms with van der Waals surface area (Å²) in [6.45, 7) is 2.37. The van der Waals surface area contributed by atoms with E-state index in [4.69, 9.17) is 9.47 Å². The van der Waals surface area contributed by atoms with Crippen LogP contribution in [0.1, 0.15) is 31.6 Å². The minimum atomic E-state index is -3.42. The first-order valence-corrected chi connectivity index (χ1v) is 12.7. The number of nitrogens with zero attached hydrogens (tertiary/aromatic N) is 3. The zero-order chi connectivity index (χ0) is 23.4. The molecule has 1 amide bonds. The second kappa shape index (κ2) is 9.81. The Morgan fingerprint density at radius 1 is 1.21 bits per heavy atom. The molecule has 10 nitrogen and oxygen atoms in total. The number of thiazole rings is 1. The number of carbonyl (C=O) groups is 1. The molecule has 2 heterocycles. The molecule has 1 atom stereocenters. The zero-order valence-electron chi connectivity index (χ0n) is 18.0. The number of rotatable bonds is 10. The number of benzene rings is 1. The largest absolute Gasteiger partial charge is 0.477 e. The van der Waals surface area contributed by atoms with Crippen LogP contribution < -0.4 is 14.8 Å². The van der Waals surface area contributed by atoms with E-state index in [9.17, 15) is 13.2 Å². The maximum atomic E-state index is 12.8. The Morgan fingerprint density at radius 3 is 2.64 bits per heavy atom. The van der Waals surface area contributed by atoms with E-state index in [0.717, 1.165) is 16.9 Å². The van der Waals surface area contributed by atoms with Crippen LogP contribution >= 0.6 is 11.3 Å². The molecule has 0 bridgehead atoms. The van der Waals surface area contributed by atoms with Crippen molar-refractivity contribution in [2.24, 2.45) is 0 Å². The van der Waals surface area contributed by atoms with Crippen LogP contribution in [0.5, 0.6) is 5.88 Å². The molecule has 0 saturated heterocycles. The maximum Gasteiger partial charge on any atom is 0.259 e.